The molecule has 0 saturated heterocycles. The van der Waals surface area contributed by atoms with Gasteiger partial charge in [-0.05, 0) is 51.0 Å². The Labute approximate surface area is 245 Å². The van der Waals surface area contributed by atoms with Crippen molar-refractivity contribution in [2.45, 2.75) is 52.0 Å². The van der Waals surface area contributed by atoms with E-state index in [9.17, 15) is 19.5 Å². The normalized spacial score (nSPS) is 13.2. The molecule has 1 unspecified atom stereocenters. The summed E-state index contributed by atoms with van der Waals surface area (Å²) < 4.78 is 20.1. The Balaban J connectivity index is 1.62. The Hall–Kier alpha value is -4.48. The van der Waals surface area contributed by atoms with Gasteiger partial charge in [0.2, 0.25) is 5.89 Å². The molecule has 0 aliphatic rings. The highest BCUT2D eigenvalue weighted by molar-refractivity contribution is 7.22. The summed E-state index contributed by atoms with van der Waals surface area (Å²) in [5, 5.41) is 10.2. The lowest BCUT2D eigenvalue weighted by Crippen LogP contribution is -2.52. The zero-order valence-corrected chi connectivity index (χ0v) is 24.5. The molecule has 0 aliphatic heterocycles. The summed E-state index contributed by atoms with van der Waals surface area (Å²) in [5.74, 6) is -0.297. The van der Waals surface area contributed by atoms with E-state index in [2.05, 4.69) is 4.98 Å². The largest absolute Gasteiger partial charge is 0.488 e. The second-order valence-corrected chi connectivity index (χ2v) is 11.4. The van der Waals surface area contributed by atoms with Crippen molar-refractivity contribution in [1.82, 2.24) is 14.1 Å². The third-order valence-corrected chi connectivity index (χ3v) is 8.36. The summed E-state index contributed by atoms with van der Waals surface area (Å²) in [7, 11) is 0. The number of thiophene rings is 1. The Morgan fingerprint density at radius 1 is 1.10 bits per heavy atom. The van der Waals surface area contributed by atoms with Gasteiger partial charge in [-0.15, -0.1) is 11.3 Å². The molecule has 42 heavy (non-hydrogen) atoms. The molecule has 3 heterocycles. The van der Waals surface area contributed by atoms with E-state index in [4.69, 9.17) is 13.9 Å². The van der Waals surface area contributed by atoms with Crippen molar-refractivity contribution in [3.05, 3.63) is 105 Å². The van der Waals surface area contributed by atoms with Crippen LogP contribution in [0.5, 0.6) is 5.75 Å². The number of aryl methyl sites for hydroxylation is 1. The summed E-state index contributed by atoms with van der Waals surface area (Å²) in [6, 6.07) is 18.8. The van der Waals surface area contributed by atoms with Crippen LogP contribution in [0, 0.1) is 6.92 Å². The number of aromatic nitrogens is 3. The van der Waals surface area contributed by atoms with Crippen molar-refractivity contribution < 1.29 is 23.8 Å². The van der Waals surface area contributed by atoms with Crippen molar-refractivity contribution in [3.8, 4) is 16.5 Å². The lowest BCUT2D eigenvalue weighted by Gasteiger charge is -2.26. The van der Waals surface area contributed by atoms with Crippen molar-refractivity contribution in [1.29, 1.82) is 0 Å². The van der Waals surface area contributed by atoms with Gasteiger partial charge in [-0.3, -0.25) is 9.36 Å². The molecular formula is C31H31N3O7S. The number of ether oxygens (including phenoxy) is 2. The molecule has 0 amide bonds. The fraction of sp³-hybridized carbons (Fsp3) is 0.290. The van der Waals surface area contributed by atoms with Gasteiger partial charge in [0, 0.05) is 0 Å². The molecule has 0 fully saturated rings. The molecule has 11 heteroatoms. The summed E-state index contributed by atoms with van der Waals surface area (Å²) in [6.07, 6.45) is 1.99. The number of para-hydroxylation sites is 1. The first-order chi connectivity index (χ1) is 20.1. The quantitative estimate of drug-likeness (QED) is 0.222. The third-order valence-electron chi connectivity index (χ3n) is 7.05. The number of carbonyl (C=O) groups is 1. The van der Waals surface area contributed by atoms with Crippen LogP contribution in [0.25, 0.3) is 21.0 Å². The maximum Gasteiger partial charge on any atom is 0.333 e. The van der Waals surface area contributed by atoms with Crippen LogP contribution in [-0.2, 0) is 21.6 Å². The third kappa shape index (κ3) is 5.53. The Morgan fingerprint density at radius 3 is 2.38 bits per heavy atom. The van der Waals surface area contributed by atoms with Gasteiger partial charge in [0.05, 0.1) is 29.6 Å². The number of oxazole rings is 1. The molecule has 2 aromatic carbocycles. The molecule has 3 aromatic heterocycles. The van der Waals surface area contributed by atoms with Crippen molar-refractivity contribution in [2.24, 2.45) is 0 Å². The Bertz CT molecular complexity index is 1810. The summed E-state index contributed by atoms with van der Waals surface area (Å²) in [6.45, 7) is 6.51. The maximum atomic E-state index is 14.1. The first kappa shape index (κ1) is 29.0. The van der Waals surface area contributed by atoms with Crippen LogP contribution in [0.2, 0.25) is 0 Å². The highest BCUT2D eigenvalue weighted by Gasteiger charge is 2.36. The van der Waals surface area contributed by atoms with E-state index in [0.717, 1.165) is 10.1 Å². The maximum absolute atomic E-state index is 14.1. The lowest BCUT2D eigenvalue weighted by molar-refractivity contribution is -0.146. The summed E-state index contributed by atoms with van der Waals surface area (Å²) >= 11 is 1.19. The standard InChI is InChI=1S/C31H31N3O7S/c1-19(41-22-13-9-6-10-14-22)18-40-23(21-11-7-5-8-12-21)17-33-28-24(20(2)25(42-28)26-32-15-16-39-26)27(35)34(30(33)38)31(3,4)29(36)37/h5-16,19,23H,17-18H2,1-4H3,(H,36,37)/t19?,23-/m0/s1. The molecule has 0 aliphatic carbocycles. The van der Waals surface area contributed by atoms with Crippen LogP contribution in [0.4, 0.5) is 0 Å². The molecule has 0 saturated carbocycles. The number of carboxylic acid groups (broad SMARTS) is 1. The average molecular weight is 590 g/mol. The summed E-state index contributed by atoms with van der Waals surface area (Å²) in [4.78, 5) is 45.3. The van der Waals surface area contributed by atoms with Gasteiger partial charge in [0.1, 0.15) is 34.6 Å². The molecule has 0 radical (unpaired) electrons. The van der Waals surface area contributed by atoms with E-state index >= 15 is 0 Å². The molecule has 2 atom stereocenters. The van der Waals surface area contributed by atoms with E-state index in [1.165, 1.54) is 42.2 Å². The van der Waals surface area contributed by atoms with Gasteiger partial charge in [0.15, 0.2) is 0 Å². The second kappa shape index (κ2) is 11.8. The Kier molecular flexibility index (Phi) is 8.15. The molecule has 1 N–H and O–H groups in total. The minimum atomic E-state index is -1.82. The van der Waals surface area contributed by atoms with E-state index in [1.807, 2.05) is 67.6 Å². The number of hydrogen-bond donors (Lipinski definition) is 1. The smallest absolute Gasteiger partial charge is 0.333 e. The number of rotatable bonds is 11. The average Bonchev–Trinajstić information content (AvgIpc) is 3.62. The number of aliphatic carboxylic acids is 1. The van der Waals surface area contributed by atoms with Crippen LogP contribution in [-0.4, -0.2) is 37.9 Å². The highest BCUT2D eigenvalue weighted by atomic mass is 32.1. The second-order valence-electron chi connectivity index (χ2n) is 10.4. The number of carboxylic acids is 1. The minimum Gasteiger partial charge on any atom is -0.488 e. The molecule has 0 bridgehead atoms. The zero-order chi connectivity index (χ0) is 30.0. The van der Waals surface area contributed by atoms with Gasteiger partial charge >= 0.3 is 11.7 Å². The van der Waals surface area contributed by atoms with Crippen LogP contribution < -0.4 is 16.0 Å². The molecule has 5 aromatic rings. The van der Waals surface area contributed by atoms with Crippen molar-refractivity contribution in [2.75, 3.05) is 6.61 Å². The van der Waals surface area contributed by atoms with E-state index < -0.39 is 28.9 Å². The minimum absolute atomic E-state index is 0.0123. The topological polar surface area (TPSA) is 126 Å². The van der Waals surface area contributed by atoms with Gasteiger partial charge in [-0.1, -0.05) is 48.5 Å². The fourth-order valence-corrected chi connectivity index (χ4v) is 5.98. The molecule has 218 valence electrons. The summed E-state index contributed by atoms with van der Waals surface area (Å²) in [5.41, 5.74) is -1.90. The van der Waals surface area contributed by atoms with E-state index in [0.29, 0.717) is 26.9 Å². The van der Waals surface area contributed by atoms with Crippen molar-refractivity contribution >= 4 is 27.5 Å². The Morgan fingerprint density at radius 2 is 1.76 bits per heavy atom. The van der Waals surface area contributed by atoms with E-state index in [-0.39, 0.29) is 24.6 Å². The monoisotopic (exact) mass is 589 g/mol. The first-order valence-corrected chi connectivity index (χ1v) is 14.2. The fourth-order valence-electron chi connectivity index (χ4n) is 4.74. The lowest BCUT2D eigenvalue weighted by atomic mass is 10.1. The van der Waals surface area contributed by atoms with Crippen LogP contribution in [0.15, 0.2) is 87.1 Å². The number of nitrogens with zero attached hydrogens (tertiary/aromatic N) is 3. The molecule has 0 spiro atoms. The van der Waals surface area contributed by atoms with Crippen molar-refractivity contribution in [3.63, 3.8) is 0 Å². The van der Waals surface area contributed by atoms with E-state index in [1.54, 1.807) is 6.92 Å². The molecule has 5 rings (SSSR count). The van der Waals surface area contributed by atoms with Crippen LogP contribution >= 0.6 is 11.3 Å². The van der Waals surface area contributed by atoms with Gasteiger partial charge in [-0.2, -0.15) is 0 Å². The van der Waals surface area contributed by atoms with Gasteiger partial charge in [0.25, 0.3) is 5.56 Å². The van der Waals surface area contributed by atoms with Crippen LogP contribution in [0.1, 0.15) is 38.0 Å². The number of fused-ring (bicyclic) bond motifs is 1. The predicted molar refractivity (Wildman–Crippen MR) is 159 cm³/mol. The van der Waals surface area contributed by atoms with Gasteiger partial charge < -0.3 is 19.0 Å². The highest BCUT2D eigenvalue weighted by Crippen LogP contribution is 2.36. The first-order valence-electron chi connectivity index (χ1n) is 13.4. The molecule has 10 nitrogen and oxygen atoms in total. The predicted octanol–water partition coefficient (Wildman–Crippen LogP) is 5.23. The zero-order valence-electron chi connectivity index (χ0n) is 23.6. The number of hydrogen-bond acceptors (Lipinski definition) is 8. The number of benzene rings is 2. The van der Waals surface area contributed by atoms with Gasteiger partial charge in [-0.25, -0.2) is 19.1 Å². The van der Waals surface area contributed by atoms with Crippen LogP contribution in [0.3, 0.4) is 0 Å². The SMILES string of the molecule is Cc1c(-c2ncco2)sc2c1c(=O)n(C(C)(C)C(=O)O)c(=O)n2C[C@H](OCC(C)Oc1ccccc1)c1ccccc1. The molecular weight excluding hydrogens is 558 g/mol.